The first-order valence-electron chi connectivity index (χ1n) is 21.2. The first-order chi connectivity index (χ1) is 31.3. The summed E-state index contributed by atoms with van der Waals surface area (Å²) in [6.45, 7) is 0. The van der Waals surface area contributed by atoms with Crippen LogP contribution in [0.15, 0.2) is 212 Å². The number of hydrogen-bond acceptors (Lipinski definition) is 4. The highest BCUT2D eigenvalue weighted by molar-refractivity contribution is 7.26. The van der Waals surface area contributed by atoms with Crippen LogP contribution in [0.2, 0.25) is 0 Å². The Balaban J connectivity index is 1.08. The molecule has 6 heteroatoms. The van der Waals surface area contributed by atoms with Crippen molar-refractivity contribution in [1.29, 1.82) is 0 Å². The molecule has 9 aromatic carbocycles. The van der Waals surface area contributed by atoms with Gasteiger partial charge in [-0.2, -0.15) is 0 Å². The van der Waals surface area contributed by atoms with Gasteiger partial charge in [-0.15, -0.1) is 11.3 Å². The molecule has 0 aliphatic heterocycles. The van der Waals surface area contributed by atoms with Gasteiger partial charge < -0.3 is 9.13 Å². The van der Waals surface area contributed by atoms with Gasteiger partial charge in [-0.1, -0.05) is 176 Å². The number of rotatable bonds is 6. The SMILES string of the molecule is c1ccc(-c2nc(-c3ccccc3)nc(-c3ccc4c(c3)sc3c4ccc4c3c3cccc(-n5c6ccccc6c6cccc(-c7ccccc7)c65)c3n4-c3ccccc3)n2)cc1. The van der Waals surface area contributed by atoms with Crippen LogP contribution < -0.4 is 0 Å². The van der Waals surface area contributed by atoms with E-state index >= 15 is 0 Å². The number of para-hydroxylation sites is 4. The van der Waals surface area contributed by atoms with Crippen LogP contribution in [0, 0.1) is 0 Å². The molecule has 0 fully saturated rings. The maximum Gasteiger partial charge on any atom is 0.164 e. The van der Waals surface area contributed by atoms with Crippen molar-refractivity contribution in [3.8, 4) is 56.7 Å². The van der Waals surface area contributed by atoms with Crippen molar-refractivity contribution in [2.45, 2.75) is 0 Å². The largest absolute Gasteiger partial charge is 0.307 e. The second-order valence-electron chi connectivity index (χ2n) is 16.0. The number of hydrogen-bond donors (Lipinski definition) is 0. The number of benzene rings is 9. The van der Waals surface area contributed by atoms with Gasteiger partial charge in [0.15, 0.2) is 17.5 Å². The van der Waals surface area contributed by atoms with Crippen LogP contribution >= 0.6 is 11.3 Å². The van der Waals surface area contributed by atoms with E-state index in [2.05, 4.69) is 185 Å². The summed E-state index contributed by atoms with van der Waals surface area (Å²) in [6.07, 6.45) is 0. The van der Waals surface area contributed by atoms with Crippen molar-refractivity contribution >= 4 is 75.1 Å². The molecular weight excluding hydrogens is 787 g/mol. The third-order valence-corrected chi connectivity index (χ3v) is 13.5. The minimum absolute atomic E-state index is 0.651. The Labute approximate surface area is 366 Å². The zero-order valence-corrected chi connectivity index (χ0v) is 34.7. The van der Waals surface area contributed by atoms with Gasteiger partial charge >= 0.3 is 0 Å². The van der Waals surface area contributed by atoms with E-state index in [1.165, 1.54) is 74.9 Å². The summed E-state index contributed by atoms with van der Waals surface area (Å²) in [6, 6.07) is 75.6. The average molecular weight is 822 g/mol. The van der Waals surface area contributed by atoms with Crippen LogP contribution in [0.1, 0.15) is 0 Å². The lowest BCUT2D eigenvalue weighted by atomic mass is 10.0. The van der Waals surface area contributed by atoms with E-state index in [0.29, 0.717) is 17.5 Å². The summed E-state index contributed by atoms with van der Waals surface area (Å²) in [4.78, 5) is 15.1. The monoisotopic (exact) mass is 821 g/mol. The Morgan fingerprint density at radius 3 is 1.63 bits per heavy atom. The standard InChI is InChI=1S/C57H35N5S/c1-5-17-36(18-6-1)41-26-15-27-44-42-25-13-14-29-47(42)62(52(41)44)49-30-16-28-46-51-48(61(53(46)49)40-23-11-4-12-24-40)34-33-45-43-32-31-39(35-50(43)63-54(45)51)57-59-55(37-19-7-2-8-20-37)58-56(60-57)38-21-9-3-10-22-38/h1-35H. The van der Waals surface area contributed by atoms with E-state index in [1.807, 2.05) is 47.7 Å². The fourth-order valence-corrected chi connectivity index (χ4v) is 10.9. The molecule has 0 aliphatic rings. The molecule has 4 heterocycles. The van der Waals surface area contributed by atoms with Crippen LogP contribution in [0.25, 0.3) is 120 Å². The minimum atomic E-state index is 0.651. The van der Waals surface area contributed by atoms with Gasteiger partial charge in [0, 0.05) is 69.7 Å². The molecule has 294 valence electrons. The summed E-state index contributed by atoms with van der Waals surface area (Å²) in [5.41, 5.74) is 12.2. The molecule has 4 aromatic heterocycles. The molecule has 5 nitrogen and oxygen atoms in total. The van der Waals surface area contributed by atoms with Crippen molar-refractivity contribution < 1.29 is 0 Å². The quantitative estimate of drug-likeness (QED) is 0.168. The maximum absolute atomic E-state index is 5.07. The smallest absolute Gasteiger partial charge is 0.164 e. The lowest BCUT2D eigenvalue weighted by molar-refractivity contribution is 1.07. The first-order valence-corrected chi connectivity index (χ1v) is 22.0. The van der Waals surface area contributed by atoms with E-state index in [9.17, 15) is 0 Å². The van der Waals surface area contributed by atoms with Crippen molar-refractivity contribution in [2.24, 2.45) is 0 Å². The fourth-order valence-electron chi connectivity index (χ4n) is 9.59. The van der Waals surface area contributed by atoms with Crippen LogP contribution in [0.3, 0.4) is 0 Å². The third kappa shape index (κ3) is 5.59. The maximum atomic E-state index is 5.07. The number of fused-ring (bicyclic) bond motifs is 10. The van der Waals surface area contributed by atoms with Crippen LogP contribution in [-0.4, -0.2) is 24.1 Å². The Morgan fingerprint density at radius 2 is 0.921 bits per heavy atom. The minimum Gasteiger partial charge on any atom is -0.307 e. The average Bonchev–Trinajstić information content (AvgIpc) is 4.02. The molecule has 0 N–H and O–H groups in total. The third-order valence-electron chi connectivity index (χ3n) is 12.4. The lowest BCUT2D eigenvalue weighted by Crippen LogP contribution is -2.01. The molecule has 0 atom stereocenters. The molecule has 0 saturated heterocycles. The Kier molecular flexibility index (Phi) is 8.01. The van der Waals surface area contributed by atoms with Gasteiger partial charge in [0.2, 0.25) is 0 Å². The van der Waals surface area contributed by atoms with E-state index in [4.69, 9.17) is 15.0 Å². The van der Waals surface area contributed by atoms with Gasteiger partial charge in [0.05, 0.1) is 27.8 Å². The molecule has 0 bridgehead atoms. The molecule has 0 unspecified atom stereocenters. The second-order valence-corrected chi connectivity index (χ2v) is 17.0. The second kappa shape index (κ2) is 14.2. The summed E-state index contributed by atoms with van der Waals surface area (Å²) in [7, 11) is 0. The van der Waals surface area contributed by atoms with Crippen LogP contribution in [0.5, 0.6) is 0 Å². The Morgan fingerprint density at radius 1 is 0.349 bits per heavy atom. The fraction of sp³-hybridized carbons (Fsp3) is 0. The van der Waals surface area contributed by atoms with Gasteiger partial charge in [-0.25, -0.2) is 15.0 Å². The number of aromatic nitrogens is 5. The van der Waals surface area contributed by atoms with Crippen molar-refractivity contribution in [3.63, 3.8) is 0 Å². The topological polar surface area (TPSA) is 48.5 Å². The molecule has 0 radical (unpaired) electrons. The van der Waals surface area contributed by atoms with Gasteiger partial charge in [-0.3, -0.25) is 0 Å². The Hall–Kier alpha value is -8.19. The van der Waals surface area contributed by atoms with Crippen LogP contribution in [0.4, 0.5) is 0 Å². The highest BCUT2D eigenvalue weighted by Crippen LogP contribution is 2.47. The highest BCUT2D eigenvalue weighted by Gasteiger charge is 2.24. The van der Waals surface area contributed by atoms with Gasteiger partial charge in [0.1, 0.15) is 0 Å². The Bertz CT molecular complexity index is 3830. The van der Waals surface area contributed by atoms with E-state index < -0.39 is 0 Å². The molecule has 63 heavy (non-hydrogen) atoms. The number of thiophene rings is 1. The van der Waals surface area contributed by atoms with Gasteiger partial charge in [0.25, 0.3) is 0 Å². The summed E-state index contributed by atoms with van der Waals surface area (Å²) in [5.74, 6) is 1.96. The predicted molar refractivity (Wildman–Crippen MR) is 263 cm³/mol. The lowest BCUT2D eigenvalue weighted by Gasteiger charge is -2.16. The molecule has 13 rings (SSSR count). The molecule has 0 saturated carbocycles. The van der Waals surface area contributed by atoms with E-state index in [-0.39, 0.29) is 0 Å². The zero-order valence-electron chi connectivity index (χ0n) is 33.9. The zero-order chi connectivity index (χ0) is 41.4. The van der Waals surface area contributed by atoms with Crippen molar-refractivity contribution in [2.75, 3.05) is 0 Å². The normalized spacial score (nSPS) is 11.8. The van der Waals surface area contributed by atoms with Crippen LogP contribution in [-0.2, 0) is 0 Å². The molecular formula is C57H35N5S. The highest BCUT2D eigenvalue weighted by atomic mass is 32.1. The molecule has 0 amide bonds. The van der Waals surface area contributed by atoms with Gasteiger partial charge in [-0.05, 0) is 42.0 Å². The van der Waals surface area contributed by atoms with Crippen molar-refractivity contribution in [1.82, 2.24) is 24.1 Å². The summed E-state index contributed by atoms with van der Waals surface area (Å²) >= 11 is 1.84. The summed E-state index contributed by atoms with van der Waals surface area (Å²) in [5, 5.41) is 7.38. The van der Waals surface area contributed by atoms with E-state index in [1.54, 1.807) is 0 Å². The molecule has 13 aromatic rings. The molecule has 0 spiro atoms. The van der Waals surface area contributed by atoms with E-state index in [0.717, 1.165) is 28.1 Å². The first kappa shape index (κ1) is 35.6. The predicted octanol–water partition coefficient (Wildman–Crippen LogP) is 15.1. The number of nitrogens with zero attached hydrogens (tertiary/aromatic N) is 5. The molecule has 0 aliphatic carbocycles. The van der Waals surface area contributed by atoms with Crippen molar-refractivity contribution in [3.05, 3.63) is 212 Å². The summed E-state index contributed by atoms with van der Waals surface area (Å²) < 4.78 is 7.42.